The second kappa shape index (κ2) is 4.87. The normalized spacial score (nSPS) is 10.5. The molecule has 0 aromatic carbocycles. The summed E-state index contributed by atoms with van der Waals surface area (Å²) in [5, 5.41) is 22.6. The summed E-state index contributed by atoms with van der Waals surface area (Å²) in [7, 11) is 1.75. The van der Waals surface area contributed by atoms with Crippen molar-refractivity contribution in [2.45, 2.75) is 12.8 Å². The predicted molar refractivity (Wildman–Crippen MR) is 64.1 cm³/mol. The first-order valence-corrected chi connectivity index (χ1v) is 5.46. The van der Waals surface area contributed by atoms with E-state index in [9.17, 15) is 9.90 Å². The summed E-state index contributed by atoms with van der Waals surface area (Å²) >= 11 is 0. The summed E-state index contributed by atoms with van der Waals surface area (Å²) in [6, 6.07) is 3.46. The van der Waals surface area contributed by atoms with Crippen LogP contribution in [-0.2, 0) is 18.3 Å². The van der Waals surface area contributed by atoms with Crippen molar-refractivity contribution in [1.82, 2.24) is 14.8 Å². The molecule has 0 saturated heterocycles. The zero-order valence-electron chi connectivity index (χ0n) is 9.87. The van der Waals surface area contributed by atoms with E-state index in [4.69, 9.17) is 5.11 Å². The fourth-order valence-corrected chi connectivity index (χ4v) is 1.74. The highest BCUT2D eigenvalue weighted by molar-refractivity contribution is 5.68. The van der Waals surface area contributed by atoms with Crippen LogP contribution in [0.2, 0.25) is 0 Å². The summed E-state index contributed by atoms with van der Waals surface area (Å²) in [4.78, 5) is 14.3. The molecule has 2 aromatic rings. The molecule has 94 valence electrons. The number of aromatic nitrogens is 3. The number of aryl methyl sites for hydroxylation is 2. The van der Waals surface area contributed by atoms with E-state index in [2.05, 4.69) is 10.1 Å². The van der Waals surface area contributed by atoms with Crippen LogP contribution in [0.1, 0.15) is 12.1 Å². The van der Waals surface area contributed by atoms with Crippen LogP contribution < -0.4 is 0 Å². The van der Waals surface area contributed by atoms with Gasteiger partial charge in [-0.2, -0.15) is 5.10 Å². The topological polar surface area (TPSA) is 88.2 Å². The van der Waals surface area contributed by atoms with Crippen molar-refractivity contribution in [3.05, 3.63) is 30.2 Å². The Balaban J connectivity index is 2.30. The lowest BCUT2D eigenvalue weighted by atomic mass is 10.1. The van der Waals surface area contributed by atoms with Gasteiger partial charge in [-0.1, -0.05) is 0 Å². The monoisotopic (exact) mass is 247 g/mol. The van der Waals surface area contributed by atoms with Crippen molar-refractivity contribution in [2.75, 3.05) is 0 Å². The second-order valence-electron chi connectivity index (χ2n) is 3.93. The fourth-order valence-electron chi connectivity index (χ4n) is 1.74. The zero-order valence-corrected chi connectivity index (χ0v) is 9.87. The molecule has 0 fully saturated rings. The van der Waals surface area contributed by atoms with Crippen LogP contribution in [0.5, 0.6) is 5.75 Å². The number of pyridine rings is 1. The van der Waals surface area contributed by atoms with Crippen molar-refractivity contribution in [2.24, 2.45) is 7.05 Å². The summed E-state index contributed by atoms with van der Waals surface area (Å²) < 4.78 is 1.62. The van der Waals surface area contributed by atoms with Crippen molar-refractivity contribution in [1.29, 1.82) is 0 Å². The molecule has 0 amide bonds. The molecule has 0 unspecified atom stereocenters. The number of carboxylic acids is 1. The van der Waals surface area contributed by atoms with E-state index in [0.717, 1.165) is 5.69 Å². The summed E-state index contributed by atoms with van der Waals surface area (Å²) in [5.74, 6) is -0.778. The first-order chi connectivity index (χ1) is 8.58. The lowest BCUT2D eigenvalue weighted by Crippen LogP contribution is -1.99. The molecule has 2 aromatic heterocycles. The Hall–Kier alpha value is -2.37. The fraction of sp³-hybridized carbons (Fsp3) is 0.250. The minimum atomic E-state index is -0.853. The Bertz CT molecular complexity index is 578. The van der Waals surface area contributed by atoms with E-state index >= 15 is 0 Å². The minimum Gasteiger partial charge on any atom is -0.506 e. The maximum atomic E-state index is 10.5. The Morgan fingerprint density at radius 3 is 2.94 bits per heavy atom. The highest BCUT2D eigenvalue weighted by Gasteiger charge is 2.11. The van der Waals surface area contributed by atoms with Gasteiger partial charge >= 0.3 is 5.97 Å². The lowest BCUT2D eigenvalue weighted by Gasteiger charge is -2.02. The highest BCUT2D eigenvalue weighted by atomic mass is 16.4. The van der Waals surface area contributed by atoms with E-state index in [1.807, 2.05) is 0 Å². The second-order valence-corrected chi connectivity index (χ2v) is 3.93. The molecular formula is C12H13N3O3. The van der Waals surface area contributed by atoms with Crippen LogP contribution in [0.3, 0.4) is 0 Å². The lowest BCUT2D eigenvalue weighted by molar-refractivity contribution is -0.136. The molecule has 0 atom stereocenters. The molecule has 6 heteroatoms. The molecule has 0 aliphatic heterocycles. The average molecular weight is 247 g/mol. The maximum Gasteiger partial charge on any atom is 0.303 e. The molecule has 0 aliphatic rings. The van der Waals surface area contributed by atoms with Crippen LogP contribution in [0.4, 0.5) is 0 Å². The van der Waals surface area contributed by atoms with Gasteiger partial charge in [0.15, 0.2) is 0 Å². The van der Waals surface area contributed by atoms with Gasteiger partial charge in [0.25, 0.3) is 0 Å². The largest absolute Gasteiger partial charge is 0.506 e. The van der Waals surface area contributed by atoms with Crippen LogP contribution in [0, 0.1) is 0 Å². The van der Waals surface area contributed by atoms with Gasteiger partial charge in [0.2, 0.25) is 0 Å². The molecular weight excluding hydrogens is 234 g/mol. The Morgan fingerprint density at radius 2 is 2.28 bits per heavy atom. The third kappa shape index (κ3) is 2.48. The van der Waals surface area contributed by atoms with Gasteiger partial charge in [-0.15, -0.1) is 0 Å². The third-order valence-electron chi connectivity index (χ3n) is 2.60. The third-order valence-corrected chi connectivity index (χ3v) is 2.60. The molecule has 18 heavy (non-hydrogen) atoms. The number of hydrogen-bond acceptors (Lipinski definition) is 4. The van der Waals surface area contributed by atoms with Crippen molar-refractivity contribution >= 4 is 5.97 Å². The van der Waals surface area contributed by atoms with Crippen molar-refractivity contribution in [3.8, 4) is 17.0 Å². The van der Waals surface area contributed by atoms with E-state index in [0.29, 0.717) is 17.7 Å². The van der Waals surface area contributed by atoms with Crippen LogP contribution in [0.15, 0.2) is 24.5 Å². The number of aliphatic carboxylic acids is 1. The SMILES string of the molecule is Cn1nc(CCC(=O)O)cc1-c1ccncc1O. The van der Waals surface area contributed by atoms with Gasteiger partial charge in [0.05, 0.1) is 24.0 Å². The molecule has 0 bridgehead atoms. The molecule has 0 radical (unpaired) electrons. The van der Waals surface area contributed by atoms with E-state index < -0.39 is 5.97 Å². The summed E-state index contributed by atoms with van der Waals surface area (Å²) in [6.07, 6.45) is 3.35. The minimum absolute atomic E-state index is 0.0405. The van der Waals surface area contributed by atoms with Gasteiger partial charge in [0.1, 0.15) is 5.75 Å². The van der Waals surface area contributed by atoms with Crippen molar-refractivity contribution < 1.29 is 15.0 Å². The van der Waals surface area contributed by atoms with Gasteiger partial charge < -0.3 is 10.2 Å². The van der Waals surface area contributed by atoms with E-state index in [1.54, 1.807) is 30.1 Å². The summed E-state index contributed by atoms with van der Waals surface area (Å²) in [6.45, 7) is 0. The van der Waals surface area contributed by atoms with Crippen LogP contribution in [0.25, 0.3) is 11.3 Å². The maximum absolute atomic E-state index is 10.5. The highest BCUT2D eigenvalue weighted by Crippen LogP contribution is 2.28. The zero-order chi connectivity index (χ0) is 13.1. The quantitative estimate of drug-likeness (QED) is 0.847. The number of carboxylic acid groups (broad SMARTS) is 1. The smallest absolute Gasteiger partial charge is 0.303 e. The number of hydrogen-bond donors (Lipinski definition) is 2. The average Bonchev–Trinajstić information content (AvgIpc) is 2.69. The molecule has 0 aliphatic carbocycles. The first-order valence-electron chi connectivity index (χ1n) is 5.46. The number of aromatic hydroxyl groups is 1. The van der Waals surface area contributed by atoms with Crippen LogP contribution in [-0.4, -0.2) is 30.9 Å². The molecule has 2 N–H and O–H groups in total. The van der Waals surface area contributed by atoms with Crippen LogP contribution >= 0.6 is 0 Å². The Morgan fingerprint density at radius 1 is 1.50 bits per heavy atom. The predicted octanol–water partition coefficient (Wildman–Crippen LogP) is 1.20. The Kier molecular flexibility index (Phi) is 3.27. The molecule has 2 rings (SSSR count). The van der Waals surface area contributed by atoms with Gasteiger partial charge in [0, 0.05) is 25.2 Å². The van der Waals surface area contributed by atoms with E-state index in [1.165, 1.54) is 6.20 Å². The molecule has 0 spiro atoms. The number of rotatable bonds is 4. The summed E-state index contributed by atoms with van der Waals surface area (Å²) in [5.41, 5.74) is 2.04. The molecule has 2 heterocycles. The van der Waals surface area contributed by atoms with Gasteiger partial charge in [-0.3, -0.25) is 14.5 Å². The number of carbonyl (C=O) groups is 1. The standard InChI is InChI=1S/C12H13N3O3/c1-15-10(9-4-5-13-7-11(9)16)6-8(14-15)2-3-12(17)18/h4-7,16H,2-3H2,1H3,(H,17,18). The molecule has 0 saturated carbocycles. The van der Waals surface area contributed by atoms with Gasteiger partial charge in [-0.25, -0.2) is 0 Å². The van der Waals surface area contributed by atoms with E-state index in [-0.39, 0.29) is 12.2 Å². The Labute approximate surface area is 104 Å². The molecule has 6 nitrogen and oxygen atoms in total. The van der Waals surface area contributed by atoms with Gasteiger partial charge in [-0.05, 0) is 12.1 Å². The van der Waals surface area contributed by atoms with Crippen molar-refractivity contribution in [3.63, 3.8) is 0 Å². The number of nitrogens with zero attached hydrogens (tertiary/aromatic N) is 3. The first kappa shape index (κ1) is 12.1.